The Morgan fingerprint density at radius 2 is 1.83 bits per heavy atom. The highest BCUT2D eigenvalue weighted by Gasteiger charge is 2.33. The number of carbonyl (C=O) groups excluding carboxylic acids is 1. The van der Waals surface area contributed by atoms with E-state index in [0.29, 0.717) is 12.1 Å². The van der Waals surface area contributed by atoms with Crippen LogP contribution >= 0.6 is 0 Å². The zero-order valence-electron chi connectivity index (χ0n) is 12.8. The average molecular weight is 344 g/mol. The van der Waals surface area contributed by atoms with Crippen molar-refractivity contribution in [3.63, 3.8) is 0 Å². The van der Waals surface area contributed by atoms with Crippen molar-refractivity contribution in [2.24, 2.45) is 0 Å². The molecule has 0 radical (unpaired) electrons. The number of halogens is 5. The zero-order chi connectivity index (χ0) is 18.1. The number of hydrogen-bond donors (Lipinski definition) is 0. The van der Waals surface area contributed by atoms with E-state index in [2.05, 4.69) is 4.98 Å². The molecule has 0 atom stereocenters. The maximum absolute atomic E-state index is 13.6. The number of alkyl halides is 3. The Bertz CT molecular complexity index is 774. The van der Waals surface area contributed by atoms with E-state index in [-0.39, 0.29) is 23.4 Å². The molecule has 0 fully saturated rings. The summed E-state index contributed by atoms with van der Waals surface area (Å²) in [6, 6.07) is 4.70. The Balaban J connectivity index is 2.22. The Hall–Kier alpha value is -2.51. The fourth-order valence-corrected chi connectivity index (χ4v) is 2.13. The second-order valence-corrected chi connectivity index (χ2v) is 5.22. The van der Waals surface area contributed by atoms with Gasteiger partial charge >= 0.3 is 6.18 Å². The predicted molar refractivity (Wildman–Crippen MR) is 76.1 cm³/mol. The lowest BCUT2D eigenvalue weighted by Gasteiger charge is -2.19. The summed E-state index contributed by atoms with van der Waals surface area (Å²) in [7, 11) is 1.36. The molecule has 3 nitrogen and oxygen atoms in total. The summed E-state index contributed by atoms with van der Waals surface area (Å²) >= 11 is 0. The van der Waals surface area contributed by atoms with Gasteiger partial charge in [0, 0.05) is 25.2 Å². The first-order valence-electron chi connectivity index (χ1n) is 6.84. The molecule has 24 heavy (non-hydrogen) atoms. The molecule has 0 aliphatic rings. The smallest absolute Gasteiger partial charge is 0.337 e. The summed E-state index contributed by atoms with van der Waals surface area (Å²) in [5, 5.41) is 0. The van der Waals surface area contributed by atoms with E-state index in [1.807, 2.05) is 0 Å². The maximum atomic E-state index is 13.6. The first-order chi connectivity index (χ1) is 11.1. The second-order valence-electron chi connectivity index (χ2n) is 5.22. The molecule has 0 spiro atoms. The highest BCUT2D eigenvalue weighted by molar-refractivity contribution is 5.95. The molecule has 1 amide bonds. The highest BCUT2D eigenvalue weighted by Crippen LogP contribution is 2.28. The number of pyridine rings is 1. The first kappa shape index (κ1) is 17.8. The number of aryl methyl sites for hydroxylation is 1. The lowest BCUT2D eigenvalue weighted by Crippen LogP contribution is -2.28. The Labute approximate surface area is 134 Å². The van der Waals surface area contributed by atoms with Crippen molar-refractivity contribution in [3.8, 4) is 0 Å². The van der Waals surface area contributed by atoms with Crippen molar-refractivity contribution in [1.29, 1.82) is 0 Å². The number of rotatable bonds is 3. The van der Waals surface area contributed by atoms with Crippen molar-refractivity contribution in [1.82, 2.24) is 9.88 Å². The van der Waals surface area contributed by atoms with E-state index in [4.69, 9.17) is 0 Å². The van der Waals surface area contributed by atoms with Crippen LogP contribution in [0.1, 0.15) is 27.3 Å². The minimum absolute atomic E-state index is 0.0204. The third kappa shape index (κ3) is 3.87. The van der Waals surface area contributed by atoms with Crippen molar-refractivity contribution in [2.75, 3.05) is 7.05 Å². The molecule has 0 bridgehead atoms. The summed E-state index contributed by atoms with van der Waals surface area (Å²) < 4.78 is 64.3. The molecule has 0 saturated heterocycles. The van der Waals surface area contributed by atoms with E-state index >= 15 is 0 Å². The van der Waals surface area contributed by atoms with Gasteiger partial charge in [-0.15, -0.1) is 0 Å². The standard InChI is InChI=1S/C16H13F5N2O/c1-9-12(5-6-14(22-9)16(19,20)21)15(24)23(2)8-10-3-4-11(17)7-13(10)18/h3-7H,8H2,1-2H3. The van der Waals surface area contributed by atoms with Gasteiger partial charge in [-0.2, -0.15) is 13.2 Å². The van der Waals surface area contributed by atoms with Crippen molar-refractivity contribution >= 4 is 5.91 Å². The molecular formula is C16H13F5N2O. The third-order valence-corrected chi connectivity index (χ3v) is 3.38. The Kier molecular flexibility index (Phi) is 4.86. The highest BCUT2D eigenvalue weighted by atomic mass is 19.4. The van der Waals surface area contributed by atoms with Crippen molar-refractivity contribution < 1.29 is 26.7 Å². The van der Waals surface area contributed by atoms with Gasteiger partial charge in [-0.3, -0.25) is 4.79 Å². The quantitative estimate of drug-likeness (QED) is 0.790. The van der Waals surface area contributed by atoms with Crippen molar-refractivity contribution in [3.05, 3.63) is 64.5 Å². The minimum Gasteiger partial charge on any atom is -0.337 e. The monoisotopic (exact) mass is 344 g/mol. The van der Waals surface area contributed by atoms with Gasteiger partial charge in [0.15, 0.2) is 0 Å². The van der Waals surface area contributed by atoms with Crippen LogP contribution < -0.4 is 0 Å². The van der Waals surface area contributed by atoms with Crippen LogP contribution in [0.2, 0.25) is 0 Å². The summed E-state index contributed by atoms with van der Waals surface area (Å²) in [6.07, 6.45) is -4.60. The number of nitrogens with zero attached hydrogens (tertiary/aromatic N) is 2. The molecule has 8 heteroatoms. The Morgan fingerprint density at radius 1 is 1.17 bits per heavy atom. The number of benzene rings is 1. The van der Waals surface area contributed by atoms with Crippen LogP contribution in [0.15, 0.2) is 30.3 Å². The average Bonchev–Trinajstić information content (AvgIpc) is 2.48. The maximum Gasteiger partial charge on any atom is 0.433 e. The SMILES string of the molecule is Cc1nc(C(F)(F)F)ccc1C(=O)N(C)Cc1ccc(F)cc1F. The molecule has 0 aliphatic heterocycles. The zero-order valence-corrected chi connectivity index (χ0v) is 12.8. The molecule has 0 unspecified atom stereocenters. The van der Waals surface area contributed by atoms with E-state index in [0.717, 1.165) is 17.0 Å². The first-order valence-corrected chi connectivity index (χ1v) is 6.84. The summed E-state index contributed by atoms with van der Waals surface area (Å²) in [6.45, 7) is 1.13. The molecule has 0 saturated carbocycles. The molecule has 0 aliphatic carbocycles. The van der Waals surface area contributed by atoms with Gasteiger partial charge < -0.3 is 4.90 Å². The van der Waals surface area contributed by atoms with Crippen LogP contribution in [0.3, 0.4) is 0 Å². The molecule has 1 aromatic carbocycles. The fourth-order valence-electron chi connectivity index (χ4n) is 2.13. The van der Waals surface area contributed by atoms with Crippen LogP contribution in [0.25, 0.3) is 0 Å². The van der Waals surface area contributed by atoms with Gasteiger partial charge in [0.25, 0.3) is 5.91 Å². The van der Waals surface area contributed by atoms with E-state index in [9.17, 15) is 26.7 Å². The number of carbonyl (C=O) groups is 1. The summed E-state index contributed by atoms with van der Waals surface area (Å²) in [5.74, 6) is -2.16. The predicted octanol–water partition coefficient (Wildman–Crippen LogP) is 3.96. The van der Waals surface area contributed by atoms with Crippen LogP contribution in [0.5, 0.6) is 0 Å². The fraction of sp³-hybridized carbons (Fsp3) is 0.250. The lowest BCUT2D eigenvalue weighted by atomic mass is 10.1. The van der Waals surface area contributed by atoms with Gasteiger partial charge in [0.2, 0.25) is 0 Å². The molecular weight excluding hydrogens is 331 g/mol. The van der Waals surface area contributed by atoms with E-state index in [1.165, 1.54) is 20.0 Å². The number of hydrogen-bond acceptors (Lipinski definition) is 2. The third-order valence-electron chi connectivity index (χ3n) is 3.38. The van der Waals surface area contributed by atoms with E-state index in [1.54, 1.807) is 0 Å². The molecule has 2 rings (SSSR count). The molecule has 1 heterocycles. The molecule has 1 aromatic heterocycles. The molecule has 0 N–H and O–H groups in total. The number of aromatic nitrogens is 1. The summed E-state index contributed by atoms with van der Waals surface area (Å²) in [5.41, 5.74) is -1.11. The van der Waals surface area contributed by atoms with E-state index < -0.39 is 29.4 Å². The van der Waals surface area contributed by atoms with Gasteiger partial charge in [-0.25, -0.2) is 13.8 Å². The minimum atomic E-state index is -4.60. The molecule has 128 valence electrons. The van der Waals surface area contributed by atoms with Crippen LogP contribution in [0.4, 0.5) is 22.0 Å². The van der Waals surface area contributed by atoms with Crippen LogP contribution in [0, 0.1) is 18.6 Å². The Morgan fingerprint density at radius 3 is 2.38 bits per heavy atom. The normalized spacial score (nSPS) is 11.5. The van der Waals surface area contributed by atoms with Crippen LogP contribution in [-0.2, 0) is 12.7 Å². The summed E-state index contributed by atoms with van der Waals surface area (Å²) in [4.78, 5) is 16.8. The number of amides is 1. The van der Waals surface area contributed by atoms with Gasteiger partial charge in [0.1, 0.15) is 17.3 Å². The second kappa shape index (κ2) is 6.54. The van der Waals surface area contributed by atoms with Gasteiger partial charge in [-0.1, -0.05) is 6.07 Å². The van der Waals surface area contributed by atoms with Gasteiger partial charge in [-0.05, 0) is 25.1 Å². The largest absolute Gasteiger partial charge is 0.433 e. The lowest BCUT2D eigenvalue weighted by molar-refractivity contribution is -0.141. The van der Waals surface area contributed by atoms with Crippen LogP contribution in [-0.4, -0.2) is 22.8 Å². The van der Waals surface area contributed by atoms with Crippen molar-refractivity contribution in [2.45, 2.75) is 19.6 Å². The topological polar surface area (TPSA) is 33.2 Å². The van der Waals surface area contributed by atoms with Gasteiger partial charge in [0.05, 0.1) is 11.3 Å². The molecule has 2 aromatic rings.